The summed E-state index contributed by atoms with van der Waals surface area (Å²) in [5.74, 6) is 0.648. The van der Waals surface area contributed by atoms with E-state index in [2.05, 4.69) is 16.0 Å². The molecule has 5 N–H and O–H groups in total. The van der Waals surface area contributed by atoms with Crippen molar-refractivity contribution in [2.24, 2.45) is 5.73 Å². The number of carbonyl (C=O) groups excluding carboxylic acids is 2. The molecule has 0 aliphatic heterocycles. The molecule has 20 heavy (non-hydrogen) atoms. The second kappa shape index (κ2) is 8.44. The molecule has 0 fully saturated rings. The number of thioether (sulfide) groups is 1. The maximum atomic E-state index is 11.8. The van der Waals surface area contributed by atoms with Gasteiger partial charge in [0.1, 0.15) is 0 Å². The van der Waals surface area contributed by atoms with Gasteiger partial charge in [-0.3, -0.25) is 4.79 Å². The first kappa shape index (κ1) is 16.3. The fourth-order valence-corrected chi connectivity index (χ4v) is 1.93. The molecule has 6 nitrogen and oxygen atoms in total. The summed E-state index contributed by atoms with van der Waals surface area (Å²) in [6.07, 6.45) is 2.62. The van der Waals surface area contributed by atoms with Gasteiger partial charge >= 0.3 is 6.03 Å². The third-order valence-corrected chi connectivity index (χ3v) is 3.25. The van der Waals surface area contributed by atoms with Gasteiger partial charge in [0.2, 0.25) is 5.91 Å². The van der Waals surface area contributed by atoms with Crippen LogP contribution in [0.2, 0.25) is 0 Å². The Balaban J connectivity index is 2.52. The Kier molecular flexibility index (Phi) is 6.89. The quantitative estimate of drug-likeness (QED) is 0.639. The van der Waals surface area contributed by atoms with Gasteiger partial charge in [0, 0.05) is 18.4 Å². The Bertz CT molecular complexity index is 450. The number of urea groups is 1. The molecule has 1 rings (SSSR count). The number of nitrogens with one attached hydrogen (secondary N) is 3. The highest BCUT2D eigenvalue weighted by atomic mass is 32.2. The van der Waals surface area contributed by atoms with Crippen LogP contribution in [0.4, 0.5) is 16.2 Å². The average Bonchev–Trinajstić information content (AvgIpc) is 2.46. The molecular formula is C13H20N4O2S. The van der Waals surface area contributed by atoms with Crippen LogP contribution in [0.25, 0.3) is 0 Å². The number of hydrogen-bond donors (Lipinski definition) is 4. The zero-order chi connectivity index (χ0) is 15.0. The SMILES string of the molecule is CNC(=O)Nc1ccc(NC(=O)[C@H](N)CCSC)cc1. The van der Waals surface area contributed by atoms with E-state index in [1.807, 2.05) is 6.26 Å². The first-order valence-corrected chi connectivity index (χ1v) is 7.60. The number of carbonyl (C=O) groups is 2. The Morgan fingerprint density at radius 1 is 1.20 bits per heavy atom. The molecule has 0 heterocycles. The van der Waals surface area contributed by atoms with E-state index in [1.54, 1.807) is 43.1 Å². The second-order valence-electron chi connectivity index (χ2n) is 4.16. The standard InChI is InChI=1S/C13H20N4O2S/c1-15-13(19)17-10-5-3-9(4-6-10)16-12(18)11(14)7-8-20-2/h3-6,11H,7-8,14H2,1-2H3,(H,16,18)(H2,15,17,19)/t11-/m1/s1. The van der Waals surface area contributed by atoms with Crippen molar-refractivity contribution in [3.05, 3.63) is 24.3 Å². The molecule has 0 saturated carbocycles. The molecule has 1 aromatic carbocycles. The van der Waals surface area contributed by atoms with Crippen LogP contribution in [0.5, 0.6) is 0 Å². The van der Waals surface area contributed by atoms with Crippen LogP contribution >= 0.6 is 11.8 Å². The summed E-state index contributed by atoms with van der Waals surface area (Å²) in [4.78, 5) is 22.9. The molecule has 0 aliphatic rings. The highest BCUT2D eigenvalue weighted by Crippen LogP contribution is 2.14. The normalized spacial score (nSPS) is 11.6. The Labute approximate surface area is 122 Å². The number of hydrogen-bond acceptors (Lipinski definition) is 4. The van der Waals surface area contributed by atoms with E-state index >= 15 is 0 Å². The molecule has 0 aromatic heterocycles. The molecule has 0 saturated heterocycles. The minimum Gasteiger partial charge on any atom is -0.341 e. The van der Waals surface area contributed by atoms with Gasteiger partial charge in [0.25, 0.3) is 0 Å². The number of anilines is 2. The summed E-state index contributed by atoms with van der Waals surface area (Å²) in [6, 6.07) is 6.04. The lowest BCUT2D eigenvalue weighted by molar-refractivity contribution is -0.117. The third kappa shape index (κ3) is 5.50. The minimum atomic E-state index is -0.508. The number of amides is 3. The van der Waals surface area contributed by atoms with Gasteiger partial charge in [0.05, 0.1) is 6.04 Å². The Morgan fingerprint density at radius 2 is 1.75 bits per heavy atom. The number of nitrogens with two attached hydrogens (primary N) is 1. The number of benzene rings is 1. The summed E-state index contributed by atoms with van der Waals surface area (Å²) >= 11 is 1.66. The lowest BCUT2D eigenvalue weighted by Crippen LogP contribution is -2.36. The molecule has 0 aliphatic carbocycles. The van der Waals surface area contributed by atoms with Crippen molar-refractivity contribution in [2.45, 2.75) is 12.5 Å². The van der Waals surface area contributed by atoms with Crippen molar-refractivity contribution in [3.8, 4) is 0 Å². The average molecular weight is 296 g/mol. The maximum Gasteiger partial charge on any atom is 0.318 e. The molecule has 7 heteroatoms. The first-order valence-electron chi connectivity index (χ1n) is 6.21. The summed E-state index contributed by atoms with van der Waals surface area (Å²) in [6.45, 7) is 0. The van der Waals surface area contributed by atoms with Gasteiger partial charge in [-0.25, -0.2) is 4.79 Å². The van der Waals surface area contributed by atoms with Crippen LogP contribution < -0.4 is 21.7 Å². The third-order valence-electron chi connectivity index (χ3n) is 2.61. The highest BCUT2D eigenvalue weighted by Gasteiger charge is 2.12. The van der Waals surface area contributed by atoms with Gasteiger partial charge in [-0.05, 0) is 42.7 Å². The van der Waals surface area contributed by atoms with Crippen LogP contribution in [0.15, 0.2) is 24.3 Å². The fraction of sp³-hybridized carbons (Fsp3) is 0.385. The van der Waals surface area contributed by atoms with E-state index in [0.717, 1.165) is 5.75 Å². The highest BCUT2D eigenvalue weighted by molar-refractivity contribution is 7.98. The predicted molar refractivity (Wildman–Crippen MR) is 84.1 cm³/mol. The second-order valence-corrected chi connectivity index (χ2v) is 5.14. The minimum absolute atomic E-state index is 0.203. The monoisotopic (exact) mass is 296 g/mol. The van der Waals surface area contributed by atoms with Crippen LogP contribution in [0.1, 0.15) is 6.42 Å². The zero-order valence-electron chi connectivity index (χ0n) is 11.6. The largest absolute Gasteiger partial charge is 0.341 e. The molecule has 0 spiro atoms. The summed E-state index contributed by atoms with van der Waals surface area (Å²) in [5.41, 5.74) is 7.07. The zero-order valence-corrected chi connectivity index (χ0v) is 12.4. The Hall–Kier alpha value is -1.73. The van der Waals surface area contributed by atoms with E-state index in [-0.39, 0.29) is 11.9 Å². The smallest absolute Gasteiger partial charge is 0.318 e. The van der Waals surface area contributed by atoms with Crippen molar-refractivity contribution in [1.82, 2.24) is 5.32 Å². The summed E-state index contributed by atoms with van der Waals surface area (Å²) in [5, 5.41) is 7.83. The van der Waals surface area contributed by atoms with Gasteiger partial charge in [-0.2, -0.15) is 11.8 Å². The van der Waals surface area contributed by atoms with Crippen LogP contribution in [0.3, 0.4) is 0 Å². The lowest BCUT2D eigenvalue weighted by atomic mass is 10.2. The molecule has 1 atom stereocenters. The topological polar surface area (TPSA) is 96.2 Å². The summed E-state index contributed by atoms with van der Waals surface area (Å²) < 4.78 is 0. The molecule has 110 valence electrons. The van der Waals surface area contributed by atoms with Crippen molar-refractivity contribution < 1.29 is 9.59 Å². The van der Waals surface area contributed by atoms with Crippen molar-refractivity contribution in [1.29, 1.82) is 0 Å². The van der Waals surface area contributed by atoms with E-state index in [4.69, 9.17) is 5.73 Å². The van der Waals surface area contributed by atoms with E-state index < -0.39 is 6.04 Å². The predicted octanol–water partition coefficient (Wildman–Crippen LogP) is 1.46. The molecular weight excluding hydrogens is 276 g/mol. The maximum absolute atomic E-state index is 11.8. The number of rotatable bonds is 6. The lowest BCUT2D eigenvalue weighted by Gasteiger charge is -2.12. The molecule has 0 bridgehead atoms. The van der Waals surface area contributed by atoms with Crippen molar-refractivity contribution in [2.75, 3.05) is 29.7 Å². The fourth-order valence-electron chi connectivity index (χ4n) is 1.44. The Morgan fingerprint density at radius 3 is 2.25 bits per heavy atom. The molecule has 3 amide bonds. The molecule has 0 radical (unpaired) electrons. The van der Waals surface area contributed by atoms with Gasteiger partial charge in [0.15, 0.2) is 0 Å². The first-order chi connectivity index (χ1) is 9.56. The van der Waals surface area contributed by atoms with Gasteiger partial charge < -0.3 is 21.7 Å². The van der Waals surface area contributed by atoms with E-state index in [1.165, 1.54) is 0 Å². The van der Waals surface area contributed by atoms with Crippen molar-refractivity contribution >= 4 is 35.1 Å². The van der Waals surface area contributed by atoms with Gasteiger partial charge in [-0.15, -0.1) is 0 Å². The van der Waals surface area contributed by atoms with Crippen LogP contribution in [-0.4, -0.2) is 37.0 Å². The molecule has 1 aromatic rings. The molecule has 0 unspecified atom stereocenters. The van der Waals surface area contributed by atoms with E-state index in [9.17, 15) is 9.59 Å². The van der Waals surface area contributed by atoms with E-state index in [0.29, 0.717) is 17.8 Å². The summed E-state index contributed by atoms with van der Waals surface area (Å²) in [7, 11) is 1.54. The van der Waals surface area contributed by atoms with Crippen molar-refractivity contribution in [3.63, 3.8) is 0 Å². The van der Waals surface area contributed by atoms with Crippen LogP contribution in [0, 0.1) is 0 Å². The van der Waals surface area contributed by atoms with Crippen LogP contribution in [-0.2, 0) is 4.79 Å². The van der Waals surface area contributed by atoms with Gasteiger partial charge in [-0.1, -0.05) is 0 Å².